The molecule has 0 atom stereocenters. The van der Waals surface area contributed by atoms with Crippen LogP contribution in [0, 0.1) is 0 Å². The van der Waals surface area contributed by atoms with Crippen molar-refractivity contribution in [2.24, 2.45) is 12.8 Å². The Hall–Kier alpha value is -1.03. The highest BCUT2D eigenvalue weighted by molar-refractivity contribution is 5.38. The van der Waals surface area contributed by atoms with E-state index < -0.39 is 0 Å². The maximum absolute atomic E-state index is 6.07. The van der Waals surface area contributed by atoms with Crippen LogP contribution < -0.4 is 10.6 Å². The molecule has 1 aromatic rings. The van der Waals surface area contributed by atoms with E-state index in [0.29, 0.717) is 0 Å². The summed E-state index contributed by atoms with van der Waals surface area (Å²) in [5, 5.41) is 0. The lowest BCUT2D eigenvalue weighted by molar-refractivity contribution is 0.316. The van der Waals surface area contributed by atoms with Crippen LogP contribution in [-0.2, 0) is 7.05 Å². The van der Waals surface area contributed by atoms with E-state index in [0.717, 1.165) is 25.5 Å². The van der Waals surface area contributed by atoms with Crippen LogP contribution in [0.25, 0.3) is 0 Å². The molecule has 4 heteroatoms. The molecule has 0 unspecified atom stereocenters. The summed E-state index contributed by atoms with van der Waals surface area (Å²) in [5.41, 5.74) is 6.09. The zero-order chi connectivity index (χ0) is 9.47. The van der Waals surface area contributed by atoms with Crippen LogP contribution in [0.3, 0.4) is 0 Å². The van der Waals surface area contributed by atoms with Crippen LogP contribution in [-0.4, -0.2) is 28.2 Å². The number of hydrogen-bond acceptors (Lipinski definition) is 3. The van der Waals surface area contributed by atoms with Crippen LogP contribution in [0.4, 0.5) is 5.95 Å². The SMILES string of the molecule is CCC1(N)CN(c2nccn2C)C1. The van der Waals surface area contributed by atoms with Gasteiger partial charge in [-0.25, -0.2) is 4.98 Å². The van der Waals surface area contributed by atoms with Gasteiger partial charge in [-0.2, -0.15) is 0 Å². The van der Waals surface area contributed by atoms with Crippen molar-refractivity contribution in [3.8, 4) is 0 Å². The minimum atomic E-state index is 0.0198. The van der Waals surface area contributed by atoms with Gasteiger partial charge in [-0.3, -0.25) is 0 Å². The Morgan fingerprint density at radius 2 is 2.31 bits per heavy atom. The Morgan fingerprint density at radius 1 is 1.62 bits per heavy atom. The molecule has 0 saturated carbocycles. The summed E-state index contributed by atoms with van der Waals surface area (Å²) in [6, 6.07) is 0. The molecule has 72 valence electrons. The van der Waals surface area contributed by atoms with Gasteiger partial charge in [0.15, 0.2) is 0 Å². The van der Waals surface area contributed by atoms with Crippen LogP contribution in [0.2, 0.25) is 0 Å². The minimum absolute atomic E-state index is 0.0198. The molecular weight excluding hydrogens is 164 g/mol. The fourth-order valence-electron chi connectivity index (χ4n) is 1.74. The molecule has 2 N–H and O–H groups in total. The van der Waals surface area contributed by atoms with Gasteiger partial charge in [-0.15, -0.1) is 0 Å². The quantitative estimate of drug-likeness (QED) is 0.714. The van der Waals surface area contributed by atoms with Gasteiger partial charge in [0, 0.05) is 32.5 Å². The van der Waals surface area contributed by atoms with E-state index >= 15 is 0 Å². The zero-order valence-electron chi connectivity index (χ0n) is 8.20. The number of anilines is 1. The molecule has 4 nitrogen and oxygen atoms in total. The summed E-state index contributed by atoms with van der Waals surface area (Å²) >= 11 is 0. The molecule has 13 heavy (non-hydrogen) atoms. The van der Waals surface area contributed by atoms with Crippen LogP contribution in [0.1, 0.15) is 13.3 Å². The van der Waals surface area contributed by atoms with Crippen LogP contribution >= 0.6 is 0 Å². The van der Waals surface area contributed by atoms with Gasteiger partial charge in [0.2, 0.25) is 5.95 Å². The molecule has 1 fully saturated rings. The third-order valence-corrected chi connectivity index (χ3v) is 2.79. The normalized spacial score (nSPS) is 20.1. The fourth-order valence-corrected chi connectivity index (χ4v) is 1.74. The Balaban J connectivity index is 2.05. The molecule has 0 amide bonds. The first-order valence-electron chi connectivity index (χ1n) is 4.66. The van der Waals surface area contributed by atoms with Crippen molar-refractivity contribution in [3.63, 3.8) is 0 Å². The smallest absolute Gasteiger partial charge is 0.205 e. The van der Waals surface area contributed by atoms with Gasteiger partial charge < -0.3 is 15.2 Å². The van der Waals surface area contributed by atoms with E-state index in [1.165, 1.54) is 0 Å². The van der Waals surface area contributed by atoms with Gasteiger partial charge in [0.05, 0.1) is 5.54 Å². The predicted octanol–water partition coefficient (Wildman–Crippen LogP) is 0.348. The number of aryl methyl sites for hydroxylation is 1. The highest BCUT2D eigenvalue weighted by Crippen LogP contribution is 2.25. The van der Waals surface area contributed by atoms with Crippen molar-refractivity contribution in [1.82, 2.24) is 9.55 Å². The lowest BCUT2D eigenvalue weighted by Gasteiger charge is -2.47. The molecule has 0 aliphatic carbocycles. The second-order valence-corrected chi connectivity index (χ2v) is 3.91. The average molecular weight is 180 g/mol. The first kappa shape index (κ1) is 8.56. The molecule has 1 aliphatic heterocycles. The summed E-state index contributed by atoms with van der Waals surface area (Å²) in [7, 11) is 2.00. The summed E-state index contributed by atoms with van der Waals surface area (Å²) in [6.45, 7) is 3.98. The minimum Gasteiger partial charge on any atom is -0.338 e. The summed E-state index contributed by atoms with van der Waals surface area (Å²) in [4.78, 5) is 6.48. The number of nitrogens with two attached hydrogens (primary N) is 1. The van der Waals surface area contributed by atoms with Crippen molar-refractivity contribution in [2.45, 2.75) is 18.9 Å². The van der Waals surface area contributed by atoms with Crippen molar-refractivity contribution in [1.29, 1.82) is 0 Å². The lowest BCUT2D eigenvalue weighted by Crippen LogP contribution is -2.67. The Morgan fingerprint density at radius 3 is 2.77 bits per heavy atom. The summed E-state index contributed by atoms with van der Waals surface area (Å²) in [6.07, 6.45) is 4.81. The van der Waals surface area contributed by atoms with Crippen molar-refractivity contribution in [2.75, 3.05) is 18.0 Å². The standard InChI is InChI=1S/C9H16N4/c1-3-9(10)6-13(7-9)8-11-4-5-12(8)2/h4-5H,3,6-7,10H2,1-2H3. The number of aromatic nitrogens is 2. The van der Waals surface area contributed by atoms with Crippen molar-refractivity contribution < 1.29 is 0 Å². The second kappa shape index (κ2) is 2.73. The third-order valence-electron chi connectivity index (χ3n) is 2.79. The fraction of sp³-hybridized carbons (Fsp3) is 0.667. The number of nitrogens with zero attached hydrogens (tertiary/aromatic N) is 3. The first-order chi connectivity index (χ1) is 6.14. The van der Waals surface area contributed by atoms with E-state index in [1.807, 2.05) is 24.0 Å². The summed E-state index contributed by atoms with van der Waals surface area (Å²) < 4.78 is 2.02. The Kier molecular flexibility index (Phi) is 1.80. The molecule has 1 saturated heterocycles. The first-order valence-corrected chi connectivity index (χ1v) is 4.66. The zero-order valence-corrected chi connectivity index (χ0v) is 8.20. The molecule has 1 aliphatic rings. The Bertz CT molecular complexity index is 298. The highest BCUT2D eigenvalue weighted by Gasteiger charge is 2.39. The molecule has 0 bridgehead atoms. The van der Waals surface area contributed by atoms with Crippen molar-refractivity contribution in [3.05, 3.63) is 12.4 Å². The molecule has 0 radical (unpaired) electrons. The maximum Gasteiger partial charge on any atom is 0.205 e. The van der Waals surface area contributed by atoms with E-state index in [2.05, 4.69) is 16.8 Å². The van der Waals surface area contributed by atoms with E-state index in [4.69, 9.17) is 5.73 Å². The van der Waals surface area contributed by atoms with Gasteiger partial charge in [0.1, 0.15) is 0 Å². The third kappa shape index (κ3) is 1.31. The van der Waals surface area contributed by atoms with Crippen LogP contribution in [0.5, 0.6) is 0 Å². The topological polar surface area (TPSA) is 47.1 Å². The average Bonchev–Trinajstić information content (AvgIpc) is 2.46. The highest BCUT2D eigenvalue weighted by atomic mass is 15.4. The molecule has 0 spiro atoms. The van der Waals surface area contributed by atoms with Crippen molar-refractivity contribution >= 4 is 5.95 Å². The van der Waals surface area contributed by atoms with Gasteiger partial charge >= 0.3 is 0 Å². The van der Waals surface area contributed by atoms with Gasteiger partial charge in [0.25, 0.3) is 0 Å². The van der Waals surface area contributed by atoms with E-state index in [-0.39, 0.29) is 5.54 Å². The van der Waals surface area contributed by atoms with E-state index in [9.17, 15) is 0 Å². The van der Waals surface area contributed by atoms with Crippen LogP contribution in [0.15, 0.2) is 12.4 Å². The second-order valence-electron chi connectivity index (χ2n) is 3.91. The van der Waals surface area contributed by atoms with Gasteiger partial charge in [-0.1, -0.05) is 6.92 Å². The number of hydrogen-bond donors (Lipinski definition) is 1. The lowest BCUT2D eigenvalue weighted by atomic mass is 9.89. The molecule has 2 heterocycles. The largest absolute Gasteiger partial charge is 0.338 e. The molecule has 0 aromatic carbocycles. The molecule has 1 aromatic heterocycles. The van der Waals surface area contributed by atoms with E-state index in [1.54, 1.807) is 0 Å². The Labute approximate surface area is 78.4 Å². The monoisotopic (exact) mass is 180 g/mol. The maximum atomic E-state index is 6.07. The molecule has 2 rings (SSSR count). The van der Waals surface area contributed by atoms with Gasteiger partial charge in [-0.05, 0) is 6.42 Å². The number of imidazole rings is 1. The number of rotatable bonds is 2. The predicted molar refractivity (Wildman–Crippen MR) is 52.6 cm³/mol. The molecular formula is C9H16N4. The summed E-state index contributed by atoms with van der Waals surface area (Å²) in [5.74, 6) is 1.02.